The van der Waals surface area contributed by atoms with Crippen molar-refractivity contribution in [3.05, 3.63) is 0 Å². The largest absolute Gasteiger partial charge is 0.463 e. The Balaban J connectivity index is 2.94. The van der Waals surface area contributed by atoms with Gasteiger partial charge in [0.15, 0.2) is 18.5 Å². The second-order valence-corrected chi connectivity index (χ2v) is 4.59. The Hall–Kier alpha value is -1.71. The number of aliphatic hydroxyl groups excluding tert-OH is 1. The lowest BCUT2D eigenvalue weighted by molar-refractivity contribution is -0.260. The van der Waals surface area contributed by atoms with Gasteiger partial charge in [-0.3, -0.25) is 14.4 Å². The molecule has 1 saturated heterocycles. The fourth-order valence-corrected chi connectivity index (χ4v) is 1.95. The van der Waals surface area contributed by atoms with Gasteiger partial charge in [-0.2, -0.15) is 0 Å². The van der Waals surface area contributed by atoms with E-state index in [-0.39, 0.29) is 6.61 Å². The highest BCUT2D eigenvalue weighted by atomic mass is 16.7. The van der Waals surface area contributed by atoms with E-state index in [1.807, 2.05) is 0 Å². The Morgan fingerprint density at radius 2 is 1.57 bits per heavy atom. The van der Waals surface area contributed by atoms with Crippen LogP contribution in [0.5, 0.6) is 0 Å². The summed E-state index contributed by atoms with van der Waals surface area (Å²) in [5, 5.41) is 9.73. The minimum atomic E-state index is -1.46. The summed E-state index contributed by atoms with van der Waals surface area (Å²) in [5.41, 5.74) is 5.70. The molecule has 0 spiro atoms. The van der Waals surface area contributed by atoms with Crippen LogP contribution in [0.4, 0.5) is 0 Å². The van der Waals surface area contributed by atoms with E-state index in [1.54, 1.807) is 0 Å². The Kier molecular flexibility index (Phi) is 6.06. The smallest absolute Gasteiger partial charge is 0.303 e. The van der Waals surface area contributed by atoms with Crippen molar-refractivity contribution in [3.8, 4) is 0 Å². The summed E-state index contributed by atoms with van der Waals surface area (Å²) in [7, 11) is 0. The number of rotatable bonds is 4. The molecule has 1 aliphatic rings. The van der Waals surface area contributed by atoms with Crippen molar-refractivity contribution in [2.75, 3.05) is 6.61 Å². The predicted molar refractivity (Wildman–Crippen MR) is 66.6 cm³/mol. The van der Waals surface area contributed by atoms with Crippen LogP contribution < -0.4 is 5.73 Å². The first kappa shape index (κ1) is 17.3. The van der Waals surface area contributed by atoms with Crippen LogP contribution >= 0.6 is 0 Å². The Morgan fingerprint density at radius 3 is 2.05 bits per heavy atom. The van der Waals surface area contributed by atoms with Crippen LogP contribution in [0.2, 0.25) is 0 Å². The summed E-state index contributed by atoms with van der Waals surface area (Å²) in [6, 6.07) is -1.10. The molecule has 21 heavy (non-hydrogen) atoms. The van der Waals surface area contributed by atoms with Crippen molar-refractivity contribution in [2.45, 2.75) is 51.4 Å². The highest BCUT2D eigenvalue weighted by molar-refractivity contribution is 5.67. The van der Waals surface area contributed by atoms with Gasteiger partial charge < -0.3 is 29.8 Å². The maximum atomic E-state index is 11.2. The van der Waals surface area contributed by atoms with Gasteiger partial charge in [0, 0.05) is 20.8 Å². The zero-order valence-electron chi connectivity index (χ0n) is 12.0. The molecule has 0 amide bonds. The average Bonchev–Trinajstić information content (AvgIpc) is 2.35. The lowest BCUT2D eigenvalue weighted by Gasteiger charge is -2.41. The van der Waals surface area contributed by atoms with Crippen molar-refractivity contribution in [2.24, 2.45) is 5.73 Å². The molecular weight excluding hydrogens is 286 g/mol. The molecule has 9 heteroatoms. The summed E-state index contributed by atoms with van der Waals surface area (Å²) >= 11 is 0. The van der Waals surface area contributed by atoms with E-state index in [0.29, 0.717) is 0 Å². The molecule has 1 fully saturated rings. The normalized spacial score (nSPS) is 32.1. The Morgan fingerprint density at radius 1 is 1.05 bits per heavy atom. The molecule has 120 valence electrons. The van der Waals surface area contributed by atoms with Gasteiger partial charge >= 0.3 is 17.9 Å². The van der Waals surface area contributed by atoms with E-state index in [2.05, 4.69) is 0 Å². The number of carbonyl (C=O) groups is 3. The zero-order chi connectivity index (χ0) is 16.2. The molecule has 0 saturated carbocycles. The number of esters is 3. The molecule has 0 aliphatic carbocycles. The third-order valence-corrected chi connectivity index (χ3v) is 2.77. The summed E-state index contributed by atoms with van der Waals surface area (Å²) in [6.45, 7) is 3.22. The fraction of sp³-hybridized carbons (Fsp3) is 0.750. The van der Waals surface area contributed by atoms with Gasteiger partial charge in [0.25, 0.3) is 0 Å². The van der Waals surface area contributed by atoms with Gasteiger partial charge in [0.05, 0.1) is 6.04 Å². The van der Waals surface area contributed by atoms with E-state index < -0.39 is 48.6 Å². The second kappa shape index (κ2) is 7.34. The van der Waals surface area contributed by atoms with E-state index in [1.165, 1.54) is 6.92 Å². The van der Waals surface area contributed by atoms with E-state index in [0.717, 1.165) is 13.8 Å². The van der Waals surface area contributed by atoms with Crippen molar-refractivity contribution < 1.29 is 38.4 Å². The van der Waals surface area contributed by atoms with Crippen LogP contribution in [-0.2, 0) is 33.3 Å². The molecule has 3 N–H and O–H groups in total. The van der Waals surface area contributed by atoms with Crippen LogP contribution in [-0.4, -0.2) is 60.3 Å². The van der Waals surface area contributed by atoms with Gasteiger partial charge in [-0.15, -0.1) is 0 Å². The number of carbonyl (C=O) groups excluding carboxylic acids is 3. The molecule has 0 aromatic heterocycles. The standard InChI is InChI=1S/C12H19NO8/c1-5(14)18-4-8-10(19-6(2)15)11(20-7(3)16)9(13)12(17)21-8/h8-12,17H,4,13H2,1-3H3/t8?,9-,10?,11?,12?/m0/s1. The highest BCUT2D eigenvalue weighted by Crippen LogP contribution is 2.24. The van der Waals surface area contributed by atoms with Crippen LogP contribution in [0.15, 0.2) is 0 Å². The number of hydrogen-bond donors (Lipinski definition) is 2. The summed E-state index contributed by atoms with van der Waals surface area (Å²) in [5.74, 6) is -1.89. The number of ether oxygens (including phenoxy) is 4. The minimum Gasteiger partial charge on any atom is -0.463 e. The van der Waals surface area contributed by atoms with Crippen LogP contribution in [0, 0.1) is 0 Å². The molecular formula is C12H19NO8. The van der Waals surface area contributed by atoms with Gasteiger partial charge in [-0.1, -0.05) is 0 Å². The second-order valence-electron chi connectivity index (χ2n) is 4.59. The van der Waals surface area contributed by atoms with E-state index in [4.69, 9.17) is 24.7 Å². The van der Waals surface area contributed by atoms with Gasteiger partial charge in [0.1, 0.15) is 12.7 Å². The molecule has 1 aliphatic heterocycles. The quantitative estimate of drug-likeness (QED) is 0.468. The van der Waals surface area contributed by atoms with Crippen LogP contribution in [0.1, 0.15) is 20.8 Å². The zero-order valence-corrected chi connectivity index (χ0v) is 12.0. The van der Waals surface area contributed by atoms with Crippen molar-refractivity contribution in [3.63, 3.8) is 0 Å². The molecule has 1 rings (SSSR count). The lowest BCUT2D eigenvalue weighted by atomic mass is 9.97. The third-order valence-electron chi connectivity index (χ3n) is 2.77. The first-order chi connectivity index (χ1) is 9.72. The Bertz CT molecular complexity index is 412. The first-order valence-electron chi connectivity index (χ1n) is 6.29. The molecule has 0 radical (unpaired) electrons. The van der Waals surface area contributed by atoms with Crippen molar-refractivity contribution in [1.29, 1.82) is 0 Å². The molecule has 5 atom stereocenters. The molecule has 1 heterocycles. The summed E-state index contributed by atoms with van der Waals surface area (Å²) in [6.07, 6.45) is -4.67. The monoisotopic (exact) mass is 305 g/mol. The summed E-state index contributed by atoms with van der Waals surface area (Å²) in [4.78, 5) is 33.2. The van der Waals surface area contributed by atoms with Crippen molar-refractivity contribution >= 4 is 17.9 Å². The van der Waals surface area contributed by atoms with Gasteiger partial charge in [0.2, 0.25) is 0 Å². The van der Waals surface area contributed by atoms with Gasteiger partial charge in [-0.25, -0.2) is 0 Å². The van der Waals surface area contributed by atoms with Crippen LogP contribution in [0.3, 0.4) is 0 Å². The first-order valence-corrected chi connectivity index (χ1v) is 6.29. The molecule has 0 bridgehead atoms. The molecule has 0 aromatic carbocycles. The number of nitrogens with two attached hydrogens (primary N) is 1. The average molecular weight is 305 g/mol. The SMILES string of the molecule is CC(=O)OCC1OC(O)[C@@H](N)C(OC(C)=O)C1OC(C)=O. The maximum absolute atomic E-state index is 11.2. The number of aliphatic hydroxyl groups is 1. The lowest BCUT2D eigenvalue weighted by Crippen LogP contribution is -2.64. The molecule has 9 nitrogen and oxygen atoms in total. The maximum Gasteiger partial charge on any atom is 0.303 e. The van der Waals surface area contributed by atoms with Gasteiger partial charge in [-0.05, 0) is 0 Å². The van der Waals surface area contributed by atoms with Crippen LogP contribution in [0.25, 0.3) is 0 Å². The fourth-order valence-electron chi connectivity index (χ4n) is 1.95. The highest BCUT2D eigenvalue weighted by Gasteiger charge is 2.48. The summed E-state index contributed by atoms with van der Waals surface area (Å²) < 4.78 is 20.0. The van der Waals surface area contributed by atoms with E-state index in [9.17, 15) is 19.5 Å². The predicted octanol–water partition coefficient (Wildman–Crippen LogP) is -1.54. The molecule has 0 aromatic rings. The van der Waals surface area contributed by atoms with Crippen molar-refractivity contribution in [1.82, 2.24) is 0 Å². The topological polar surface area (TPSA) is 134 Å². The number of hydrogen-bond acceptors (Lipinski definition) is 9. The minimum absolute atomic E-state index is 0.283. The third kappa shape index (κ3) is 4.96. The van der Waals surface area contributed by atoms with E-state index >= 15 is 0 Å². The molecule has 4 unspecified atom stereocenters. The Labute approximate surface area is 121 Å².